The summed E-state index contributed by atoms with van der Waals surface area (Å²) in [4.78, 5) is 14.8. The van der Waals surface area contributed by atoms with Crippen LogP contribution in [-0.4, -0.2) is 15.7 Å². The molecule has 0 unspecified atom stereocenters. The van der Waals surface area contributed by atoms with Crippen LogP contribution in [0.1, 0.15) is 21.7 Å². The number of carbonyl (C=O) groups is 1. The second-order valence-corrected chi connectivity index (χ2v) is 6.66. The van der Waals surface area contributed by atoms with Gasteiger partial charge in [-0.25, -0.2) is 0 Å². The lowest BCUT2D eigenvalue weighted by Crippen LogP contribution is -2.15. The van der Waals surface area contributed by atoms with Crippen molar-refractivity contribution in [2.24, 2.45) is 0 Å². The Morgan fingerprint density at radius 1 is 1.04 bits per heavy atom. The molecule has 0 aliphatic heterocycles. The minimum absolute atomic E-state index is 0.151. The van der Waals surface area contributed by atoms with E-state index in [0.717, 1.165) is 21.2 Å². The van der Waals surface area contributed by atoms with Crippen LogP contribution in [0.15, 0.2) is 64.4 Å². The average molecular weight is 343 g/mol. The molecular weight excluding hydrogens is 328 g/mol. The summed E-state index contributed by atoms with van der Waals surface area (Å²) in [7, 11) is 0. The topological polar surface area (TPSA) is 34.9 Å². The van der Waals surface area contributed by atoms with Gasteiger partial charge in [-0.1, -0.05) is 41.6 Å². The molecule has 0 amide bonds. The molecule has 3 nitrogen and oxygen atoms in total. The summed E-state index contributed by atoms with van der Waals surface area (Å²) >= 11 is 7.50. The Bertz CT molecular complexity index is 841. The Morgan fingerprint density at radius 2 is 1.70 bits per heavy atom. The first-order valence-electron chi connectivity index (χ1n) is 7.15. The average Bonchev–Trinajstić information content (AvgIpc) is 2.84. The molecule has 0 fully saturated rings. The molecule has 0 aliphatic rings. The molecule has 0 bridgehead atoms. The molecule has 0 saturated carbocycles. The minimum Gasteiger partial charge on any atom is -0.267 e. The molecule has 5 heteroatoms. The van der Waals surface area contributed by atoms with Gasteiger partial charge in [0, 0.05) is 15.5 Å². The molecule has 2 aromatic carbocycles. The minimum atomic E-state index is -0.151. The highest BCUT2D eigenvalue weighted by molar-refractivity contribution is 7.99. The van der Waals surface area contributed by atoms with Crippen molar-refractivity contribution in [2.45, 2.75) is 23.6 Å². The zero-order valence-corrected chi connectivity index (χ0v) is 14.4. The Kier molecular flexibility index (Phi) is 4.55. The monoisotopic (exact) mass is 342 g/mol. The number of carbonyl (C=O) groups excluding carboxylic acids is 1. The van der Waals surface area contributed by atoms with Gasteiger partial charge in [0.2, 0.25) is 0 Å². The van der Waals surface area contributed by atoms with Gasteiger partial charge in [0.25, 0.3) is 5.91 Å². The van der Waals surface area contributed by atoms with Crippen molar-refractivity contribution in [3.05, 3.63) is 76.6 Å². The van der Waals surface area contributed by atoms with Crippen molar-refractivity contribution >= 4 is 29.3 Å². The molecule has 0 saturated heterocycles. The number of aromatic nitrogens is 2. The molecule has 0 atom stereocenters. The molecule has 0 N–H and O–H groups in total. The van der Waals surface area contributed by atoms with E-state index in [1.807, 2.05) is 44.2 Å². The normalized spacial score (nSPS) is 10.7. The van der Waals surface area contributed by atoms with Crippen LogP contribution in [0.5, 0.6) is 0 Å². The van der Waals surface area contributed by atoms with Gasteiger partial charge in [-0.05, 0) is 50.2 Å². The Hall–Kier alpha value is -2.04. The summed E-state index contributed by atoms with van der Waals surface area (Å²) in [5.74, 6) is -0.151. The van der Waals surface area contributed by atoms with Gasteiger partial charge in [-0.2, -0.15) is 9.78 Å². The summed E-state index contributed by atoms with van der Waals surface area (Å²) in [6.07, 6.45) is 0. The highest BCUT2D eigenvalue weighted by atomic mass is 35.5. The van der Waals surface area contributed by atoms with E-state index in [0.29, 0.717) is 10.6 Å². The van der Waals surface area contributed by atoms with E-state index in [4.69, 9.17) is 11.6 Å². The number of rotatable bonds is 3. The SMILES string of the molecule is Cc1nn(C(=O)c2ccc(Cl)cc2)c(C)c1Sc1ccccc1. The highest BCUT2D eigenvalue weighted by Crippen LogP contribution is 2.32. The lowest BCUT2D eigenvalue weighted by Gasteiger charge is -2.05. The third kappa shape index (κ3) is 3.33. The van der Waals surface area contributed by atoms with Crippen molar-refractivity contribution in [1.82, 2.24) is 9.78 Å². The Labute approximate surface area is 144 Å². The fourth-order valence-corrected chi connectivity index (χ4v) is 3.37. The molecule has 0 spiro atoms. The van der Waals surface area contributed by atoms with Crippen LogP contribution in [0, 0.1) is 13.8 Å². The third-order valence-corrected chi connectivity index (χ3v) is 5.03. The van der Waals surface area contributed by atoms with E-state index in [2.05, 4.69) is 5.10 Å². The summed E-state index contributed by atoms with van der Waals surface area (Å²) in [5.41, 5.74) is 2.26. The Balaban J connectivity index is 1.94. The van der Waals surface area contributed by atoms with Gasteiger partial charge in [-0.3, -0.25) is 4.79 Å². The summed E-state index contributed by atoms with van der Waals surface area (Å²) < 4.78 is 1.46. The standard InChI is InChI=1S/C18H15ClN2OS/c1-12-17(23-16-6-4-3-5-7-16)13(2)21(20-12)18(22)14-8-10-15(19)11-9-14/h3-11H,1-2H3. The lowest BCUT2D eigenvalue weighted by atomic mass is 10.2. The molecule has 0 aliphatic carbocycles. The van der Waals surface area contributed by atoms with Crippen LogP contribution in [0.4, 0.5) is 0 Å². The predicted molar refractivity (Wildman–Crippen MR) is 93.4 cm³/mol. The highest BCUT2D eigenvalue weighted by Gasteiger charge is 2.18. The van der Waals surface area contributed by atoms with Crippen molar-refractivity contribution in [2.75, 3.05) is 0 Å². The fraction of sp³-hybridized carbons (Fsp3) is 0.111. The smallest absolute Gasteiger partial charge is 0.267 e. The van der Waals surface area contributed by atoms with Crippen LogP contribution >= 0.6 is 23.4 Å². The van der Waals surface area contributed by atoms with Crippen LogP contribution in [-0.2, 0) is 0 Å². The van der Waals surface area contributed by atoms with Gasteiger partial charge < -0.3 is 0 Å². The number of benzene rings is 2. The number of hydrogen-bond donors (Lipinski definition) is 0. The first kappa shape index (κ1) is 15.8. The van der Waals surface area contributed by atoms with Crippen LogP contribution in [0.25, 0.3) is 0 Å². The first-order chi connectivity index (χ1) is 11.1. The summed E-state index contributed by atoms with van der Waals surface area (Å²) in [6.45, 7) is 3.84. The number of aryl methyl sites for hydroxylation is 1. The summed E-state index contributed by atoms with van der Waals surface area (Å²) in [5, 5.41) is 5.03. The van der Waals surface area contributed by atoms with E-state index in [9.17, 15) is 4.79 Å². The molecule has 23 heavy (non-hydrogen) atoms. The van der Waals surface area contributed by atoms with E-state index >= 15 is 0 Å². The van der Waals surface area contributed by atoms with E-state index < -0.39 is 0 Å². The lowest BCUT2D eigenvalue weighted by molar-refractivity contribution is 0.0942. The van der Waals surface area contributed by atoms with Gasteiger partial charge in [0.05, 0.1) is 16.3 Å². The maximum absolute atomic E-state index is 12.6. The number of hydrogen-bond acceptors (Lipinski definition) is 3. The second kappa shape index (κ2) is 6.60. The van der Waals surface area contributed by atoms with Crippen molar-refractivity contribution in [1.29, 1.82) is 0 Å². The van der Waals surface area contributed by atoms with Crippen LogP contribution < -0.4 is 0 Å². The Morgan fingerprint density at radius 3 is 2.35 bits per heavy atom. The van der Waals surface area contributed by atoms with E-state index in [1.54, 1.807) is 36.0 Å². The van der Waals surface area contributed by atoms with Crippen molar-refractivity contribution in [3.63, 3.8) is 0 Å². The van der Waals surface area contributed by atoms with Gasteiger partial charge in [0.15, 0.2) is 0 Å². The molecule has 116 valence electrons. The third-order valence-electron chi connectivity index (χ3n) is 3.47. The molecule has 1 aromatic heterocycles. The van der Waals surface area contributed by atoms with E-state index in [-0.39, 0.29) is 5.91 Å². The van der Waals surface area contributed by atoms with E-state index in [1.165, 1.54) is 4.68 Å². The maximum Gasteiger partial charge on any atom is 0.278 e. The van der Waals surface area contributed by atoms with Crippen molar-refractivity contribution < 1.29 is 4.79 Å². The van der Waals surface area contributed by atoms with Gasteiger partial charge in [0.1, 0.15) is 0 Å². The molecule has 0 radical (unpaired) electrons. The van der Waals surface area contributed by atoms with Crippen LogP contribution in [0.2, 0.25) is 5.02 Å². The first-order valence-corrected chi connectivity index (χ1v) is 8.35. The fourth-order valence-electron chi connectivity index (χ4n) is 2.29. The zero-order valence-electron chi connectivity index (χ0n) is 12.8. The molecule has 1 heterocycles. The quantitative estimate of drug-likeness (QED) is 0.672. The maximum atomic E-state index is 12.6. The summed E-state index contributed by atoms with van der Waals surface area (Å²) in [6, 6.07) is 16.9. The van der Waals surface area contributed by atoms with Gasteiger partial charge in [-0.15, -0.1) is 0 Å². The van der Waals surface area contributed by atoms with Crippen LogP contribution in [0.3, 0.4) is 0 Å². The molecule has 3 aromatic rings. The second-order valence-electron chi connectivity index (χ2n) is 5.14. The molecule has 3 rings (SSSR count). The number of nitrogens with zero attached hydrogens (tertiary/aromatic N) is 2. The largest absolute Gasteiger partial charge is 0.278 e. The predicted octanol–water partition coefficient (Wildman–Crippen LogP) is 4.99. The molecular formula is C18H15ClN2OS. The number of halogens is 1. The zero-order chi connectivity index (χ0) is 16.4. The van der Waals surface area contributed by atoms with Crippen molar-refractivity contribution in [3.8, 4) is 0 Å². The van der Waals surface area contributed by atoms with Gasteiger partial charge >= 0.3 is 0 Å².